The van der Waals surface area contributed by atoms with E-state index in [0.717, 1.165) is 12.8 Å². The van der Waals surface area contributed by atoms with Crippen LogP contribution in [0.15, 0.2) is 18.2 Å². The molecule has 0 radical (unpaired) electrons. The van der Waals surface area contributed by atoms with Gasteiger partial charge >= 0.3 is 0 Å². The van der Waals surface area contributed by atoms with Crippen LogP contribution < -0.4 is 0 Å². The van der Waals surface area contributed by atoms with Crippen molar-refractivity contribution in [1.82, 2.24) is 0 Å². The lowest BCUT2D eigenvalue weighted by molar-refractivity contribution is 0.584. The van der Waals surface area contributed by atoms with Crippen LogP contribution in [0.2, 0.25) is 5.02 Å². The minimum atomic E-state index is -0.621. The normalized spacial score (nSPS) is 28.5. The molecule has 2 rings (SSSR count). The predicted molar refractivity (Wildman–Crippen MR) is 57.1 cm³/mol. The summed E-state index contributed by atoms with van der Waals surface area (Å²) in [4.78, 5) is 0. The van der Waals surface area contributed by atoms with Gasteiger partial charge in [0.15, 0.2) is 0 Å². The lowest BCUT2D eigenvalue weighted by Crippen LogP contribution is -2.09. The minimum Gasteiger partial charge on any atom is -0.205 e. The molecule has 1 aromatic carbocycles. The van der Waals surface area contributed by atoms with E-state index in [-0.39, 0.29) is 10.9 Å². The van der Waals surface area contributed by atoms with Crippen LogP contribution in [-0.4, -0.2) is 0 Å². The van der Waals surface area contributed by atoms with Crippen LogP contribution in [0.4, 0.5) is 4.39 Å². The number of hydrogen-bond donors (Lipinski definition) is 0. The molecule has 0 N–H and O–H groups in total. The minimum absolute atomic E-state index is 0.101. The van der Waals surface area contributed by atoms with Gasteiger partial charge < -0.3 is 0 Å². The summed E-state index contributed by atoms with van der Waals surface area (Å²) in [7, 11) is 0. The van der Waals surface area contributed by atoms with Gasteiger partial charge in [-0.05, 0) is 18.4 Å². The van der Waals surface area contributed by atoms with Crippen molar-refractivity contribution in [3.05, 3.63) is 34.6 Å². The lowest BCUT2D eigenvalue weighted by atomic mass is 9.93. The zero-order chi connectivity index (χ0) is 11.1. The van der Waals surface area contributed by atoms with Gasteiger partial charge in [0.2, 0.25) is 0 Å². The third-order valence-corrected chi connectivity index (χ3v) is 3.52. The Kier molecular flexibility index (Phi) is 2.44. The van der Waals surface area contributed by atoms with Gasteiger partial charge in [-0.3, -0.25) is 0 Å². The topological polar surface area (TPSA) is 23.8 Å². The Balaban J connectivity index is 2.47. The summed E-state index contributed by atoms with van der Waals surface area (Å²) in [5.41, 5.74) is -0.159. The highest BCUT2D eigenvalue weighted by Crippen LogP contribution is 2.56. The number of nitriles is 1. The van der Waals surface area contributed by atoms with Crippen LogP contribution in [0, 0.1) is 23.1 Å². The summed E-state index contributed by atoms with van der Waals surface area (Å²) in [6.07, 6.45) is 1.65. The van der Waals surface area contributed by atoms with E-state index in [1.807, 2.05) is 6.92 Å². The number of rotatable bonds is 2. The molecule has 0 bridgehead atoms. The molecule has 0 amide bonds. The Bertz CT molecular complexity index is 438. The van der Waals surface area contributed by atoms with E-state index in [4.69, 9.17) is 16.9 Å². The summed E-state index contributed by atoms with van der Waals surface area (Å²) >= 11 is 5.71. The third-order valence-electron chi connectivity index (χ3n) is 3.23. The Hall–Kier alpha value is -1.07. The molecule has 2 unspecified atom stereocenters. The first-order valence-electron chi connectivity index (χ1n) is 5.01. The molecule has 1 fully saturated rings. The molecule has 3 heteroatoms. The fourth-order valence-electron chi connectivity index (χ4n) is 2.20. The number of hydrogen-bond acceptors (Lipinski definition) is 1. The summed E-state index contributed by atoms with van der Waals surface area (Å²) in [6.45, 7) is 2.02. The molecule has 1 nitrogen and oxygen atoms in total. The molecule has 78 valence electrons. The molecule has 0 aliphatic heterocycles. The van der Waals surface area contributed by atoms with Gasteiger partial charge in [-0.1, -0.05) is 37.1 Å². The van der Waals surface area contributed by atoms with E-state index < -0.39 is 11.2 Å². The Labute approximate surface area is 93.5 Å². The van der Waals surface area contributed by atoms with E-state index in [2.05, 4.69) is 6.07 Å². The molecule has 0 saturated heterocycles. The Morgan fingerprint density at radius 3 is 2.93 bits per heavy atom. The van der Waals surface area contributed by atoms with Gasteiger partial charge in [0.05, 0.1) is 16.5 Å². The largest absolute Gasteiger partial charge is 0.205 e. The van der Waals surface area contributed by atoms with E-state index in [0.29, 0.717) is 5.56 Å². The maximum absolute atomic E-state index is 13.8. The molecule has 1 aromatic rings. The van der Waals surface area contributed by atoms with Crippen molar-refractivity contribution < 1.29 is 4.39 Å². The fourth-order valence-corrected chi connectivity index (χ4v) is 2.37. The quantitative estimate of drug-likeness (QED) is 0.751. The first-order valence-corrected chi connectivity index (χ1v) is 5.39. The number of nitrogens with zero attached hydrogens (tertiary/aromatic N) is 1. The molecule has 15 heavy (non-hydrogen) atoms. The average Bonchev–Trinajstić information content (AvgIpc) is 2.97. The summed E-state index contributed by atoms with van der Waals surface area (Å²) < 4.78 is 13.8. The van der Waals surface area contributed by atoms with E-state index in [1.165, 1.54) is 6.07 Å². The number of halogens is 2. The summed E-state index contributed by atoms with van der Waals surface area (Å²) in [5, 5.41) is 9.27. The highest BCUT2D eigenvalue weighted by atomic mass is 35.5. The molecule has 0 heterocycles. The van der Waals surface area contributed by atoms with Crippen LogP contribution in [-0.2, 0) is 5.41 Å². The van der Waals surface area contributed by atoms with Gasteiger partial charge in [0.25, 0.3) is 0 Å². The van der Waals surface area contributed by atoms with E-state index >= 15 is 0 Å². The monoisotopic (exact) mass is 223 g/mol. The van der Waals surface area contributed by atoms with Gasteiger partial charge in [-0.15, -0.1) is 0 Å². The van der Waals surface area contributed by atoms with Crippen LogP contribution in [0.5, 0.6) is 0 Å². The van der Waals surface area contributed by atoms with Crippen molar-refractivity contribution >= 4 is 11.6 Å². The fraction of sp³-hybridized carbons (Fsp3) is 0.417. The molecular weight excluding hydrogens is 213 g/mol. The van der Waals surface area contributed by atoms with Crippen molar-refractivity contribution in [2.24, 2.45) is 5.92 Å². The summed E-state index contributed by atoms with van der Waals surface area (Å²) in [6, 6.07) is 7.11. The highest BCUT2D eigenvalue weighted by molar-refractivity contribution is 6.30. The second kappa shape index (κ2) is 3.50. The Morgan fingerprint density at radius 1 is 1.67 bits per heavy atom. The standard InChI is InChI=1S/C12H11ClFN/c1-2-8-6-12(8,7-15)9-4-3-5-10(13)11(9)14/h3-5,8H,2,6H2,1H3. The first-order chi connectivity index (χ1) is 7.15. The second-order valence-electron chi connectivity index (χ2n) is 3.99. The van der Waals surface area contributed by atoms with Crippen molar-refractivity contribution in [3.8, 4) is 6.07 Å². The Morgan fingerprint density at radius 2 is 2.40 bits per heavy atom. The zero-order valence-electron chi connectivity index (χ0n) is 8.43. The van der Waals surface area contributed by atoms with Crippen LogP contribution in [0.1, 0.15) is 25.3 Å². The highest BCUT2D eigenvalue weighted by Gasteiger charge is 2.56. The number of benzene rings is 1. The molecule has 1 aliphatic rings. The SMILES string of the molecule is CCC1CC1(C#N)c1cccc(Cl)c1F. The van der Waals surface area contributed by atoms with E-state index in [9.17, 15) is 4.39 Å². The molecular formula is C12H11ClFN. The predicted octanol–water partition coefficient (Wildman–Crippen LogP) is 3.67. The third kappa shape index (κ3) is 1.42. The van der Waals surface area contributed by atoms with Gasteiger partial charge in [0, 0.05) is 5.56 Å². The maximum Gasteiger partial charge on any atom is 0.146 e. The average molecular weight is 224 g/mol. The smallest absolute Gasteiger partial charge is 0.146 e. The van der Waals surface area contributed by atoms with Gasteiger partial charge in [0.1, 0.15) is 5.82 Å². The van der Waals surface area contributed by atoms with Crippen molar-refractivity contribution in [2.75, 3.05) is 0 Å². The molecule has 1 saturated carbocycles. The summed E-state index contributed by atoms with van der Waals surface area (Å²) in [5.74, 6) is -0.160. The molecule has 2 atom stereocenters. The molecule has 0 aromatic heterocycles. The van der Waals surface area contributed by atoms with Crippen LogP contribution in [0.25, 0.3) is 0 Å². The van der Waals surface area contributed by atoms with E-state index in [1.54, 1.807) is 12.1 Å². The second-order valence-corrected chi connectivity index (χ2v) is 4.40. The van der Waals surface area contributed by atoms with Crippen molar-refractivity contribution in [1.29, 1.82) is 5.26 Å². The maximum atomic E-state index is 13.8. The van der Waals surface area contributed by atoms with Crippen molar-refractivity contribution in [3.63, 3.8) is 0 Å². The van der Waals surface area contributed by atoms with Gasteiger partial charge in [-0.2, -0.15) is 5.26 Å². The lowest BCUT2D eigenvalue weighted by Gasteiger charge is -2.10. The van der Waals surface area contributed by atoms with Crippen LogP contribution in [0.3, 0.4) is 0 Å². The van der Waals surface area contributed by atoms with Crippen molar-refractivity contribution in [2.45, 2.75) is 25.2 Å². The molecule has 1 aliphatic carbocycles. The zero-order valence-corrected chi connectivity index (χ0v) is 9.18. The molecule has 0 spiro atoms. The first kappa shape index (κ1) is 10.4. The van der Waals surface area contributed by atoms with Gasteiger partial charge in [-0.25, -0.2) is 4.39 Å². The van der Waals surface area contributed by atoms with Crippen LogP contribution >= 0.6 is 11.6 Å².